The zero-order chi connectivity index (χ0) is 16.0. The Morgan fingerprint density at radius 3 is 2.62 bits per heavy atom. The van der Waals surface area contributed by atoms with Crippen LogP contribution >= 0.6 is 0 Å². The van der Waals surface area contributed by atoms with Gasteiger partial charge in [-0.3, -0.25) is 9.69 Å². The topological polar surface area (TPSA) is 59.1 Å². The van der Waals surface area contributed by atoms with Crippen LogP contribution in [0.2, 0.25) is 0 Å². The predicted octanol–water partition coefficient (Wildman–Crippen LogP) is 2.23. The second-order valence-electron chi connectivity index (χ2n) is 6.19. The maximum atomic E-state index is 12.3. The molecule has 1 aliphatic rings. The molecule has 1 fully saturated rings. The van der Waals surface area contributed by atoms with Gasteiger partial charge in [-0.05, 0) is 41.0 Å². The van der Waals surface area contributed by atoms with E-state index < -0.39 is 5.60 Å². The molecule has 0 N–H and O–H groups in total. The van der Waals surface area contributed by atoms with Crippen molar-refractivity contribution in [2.75, 3.05) is 26.3 Å². The third-order valence-electron chi connectivity index (χ3n) is 3.32. The van der Waals surface area contributed by atoms with Crippen molar-refractivity contribution < 1.29 is 19.1 Å². The molecule has 1 saturated heterocycles. The molecule has 21 heavy (non-hydrogen) atoms. The third kappa shape index (κ3) is 5.53. The monoisotopic (exact) mass is 300 g/mol. The maximum Gasteiger partial charge on any atom is 0.411 e. The highest BCUT2D eigenvalue weighted by Gasteiger charge is 2.33. The van der Waals surface area contributed by atoms with E-state index in [-0.39, 0.29) is 18.2 Å². The van der Waals surface area contributed by atoms with Crippen molar-refractivity contribution >= 4 is 12.0 Å². The highest BCUT2D eigenvalue weighted by atomic mass is 16.6. The van der Waals surface area contributed by atoms with Crippen LogP contribution in [0.5, 0.6) is 0 Å². The first-order valence-corrected chi connectivity index (χ1v) is 7.63. The summed E-state index contributed by atoms with van der Waals surface area (Å²) in [6.45, 7) is 11.4. The molecule has 0 saturated carbocycles. The lowest BCUT2D eigenvalue weighted by Gasteiger charge is -2.36. The van der Waals surface area contributed by atoms with E-state index in [1.165, 1.54) is 0 Å². The SMILES string of the molecule is CCOCCN1C(=O)CCCN(C(=O)OC(C)(C)C)C1C. The van der Waals surface area contributed by atoms with Gasteiger partial charge in [-0.1, -0.05) is 0 Å². The van der Waals surface area contributed by atoms with Crippen LogP contribution in [0.15, 0.2) is 0 Å². The predicted molar refractivity (Wildman–Crippen MR) is 79.8 cm³/mol. The molecular formula is C15H28N2O4. The Bertz CT molecular complexity index is 365. The van der Waals surface area contributed by atoms with Crippen LogP contribution in [0.1, 0.15) is 47.5 Å². The lowest BCUT2D eigenvalue weighted by atomic mass is 10.2. The van der Waals surface area contributed by atoms with Gasteiger partial charge in [0.2, 0.25) is 5.91 Å². The van der Waals surface area contributed by atoms with Gasteiger partial charge in [-0.2, -0.15) is 0 Å². The molecular weight excluding hydrogens is 272 g/mol. The van der Waals surface area contributed by atoms with Crippen LogP contribution in [0.4, 0.5) is 4.79 Å². The van der Waals surface area contributed by atoms with Crippen molar-refractivity contribution in [3.8, 4) is 0 Å². The second-order valence-corrected chi connectivity index (χ2v) is 6.19. The number of nitrogens with zero attached hydrogens (tertiary/aromatic N) is 2. The summed E-state index contributed by atoms with van der Waals surface area (Å²) in [6.07, 6.45) is 0.435. The van der Waals surface area contributed by atoms with Gasteiger partial charge in [0.25, 0.3) is 0 Å². The Labute approximate surface area is 127 Å². The smallest absolute Gasteiger partial charge is 0.411 e. The number of hydrogen-bond acceptors (Lipinski definition) is 4. The second kappa shape index (κ2) is 7.64. The summed E-state index contributed by atoms with van der Waals surface area (Å²) in [5, 5.41) is 0. The lowest BCUT2D eigenvalue weighted by Crippen LogP contribution is -2.51. The Hall–Kier alpha value is -1.30. The van der Waals surface area contributed by atoms with Gasteiger partial charge < -0.3 is 14.4 Å². The first-order valence-electron chi connectivity index (χ1n) is 7.63. The van der Waals surface area contributed by atoms with Crippen LogP contribution in [0, 0.1) is 0 Å². The molecule has 1 unspecified atom stereocenters. The highest BCUT2D eigenvalue weighted by Crippen LogP contribution is 2.18. The largest absolute Gasteiger partial charge is 0.444 e. The summed E-state index contributed by atoms with van der Waals surface area (Å²) in [4.78, 5) is 27.8. The zero-order valence-corrected chi connectivity index (χ0v) is 13.8. The van der Waals surface area contributed by atoms with Gasteiger partial charge >= 0.3 is 6.09 Å². The van der Waals surface area contributed by atoms with E-state index in [2.05, 4.69) is 0 Å². The minimum atomic E-state index is -0.538. The number of amides is 2. The van der Waals surface area contributed by atoms with Crippen LogP contribution in [-0.4, -0.2) is 59.9 Å². The molecule has 1 rings (SSSR count). The van der Waals surface area contributed by atoms with Crippen molar-refractivity contribution in [3.63, 3.8) is 0 Å². The Morgan fingerprint density at radius 1 is 1.38 bits per heavy atom. The van der Waals surface area contributed by atoms with E-state index in [1.54, 1.807) is 9.80 Å². The van der Waals surface area contributed by atoms with Crippen molar-refractivity contribution in [1.82, 2.24) is 9.80 Å². The standard InChI is InChI=1S/C15H28N2O4/c1-6-20-11-10-16-12(2)17(9-7-8-13(16)18)14(19)21-15(3,4)5/h12H,6-11H2,1-5H3. The normalized spacial score (nSPS) is 20.4. The average molecular weight is 300 g/mol. The molecule has 2 amide bonds. The highest BCUT2D eigenvalue weighted by molar-refractivity contribution is 5.78. The van der Waals surface area contributed by atoms with Crippen LogP contribution < -0.4 is 0 Å². The van der Waals surface area contributed by atoms with Gasteiger partial charge in [-0.15, -0.1) is 0 Å². The number of carbonyl (C=O) groups is 2. The summed E-state index contributed by atoms with van der Waals surface area (Å²) in [5.41, 5.74) is -0.538. The number of carbonyl (C=O) groups excluding carboxylic acids is 2. The van der Waals surface area contributed by atoms with E-state index in [9.17, 15) is 9.59 Å². The molecule has 0 aromatic heterocycles. The summed E-state index contributed by atoms with van der Waals surface area (Å²) < 4.78 is 10.8. The molecule has 1 aliphatic heterocycles. The Morgan fingerprint density at radius 2 is 2.05 bits per heavy atom. The van der Waals surface area contributed by atoms with Gasteiger partial charge in [0.05, 0.1) is 6.61 Å². The third-order valence-corrected chi connectivity index (χ3v) is 3.32. The number of rotatable bonds is 4. The first kappa shape index (κ1) is 17.8. The van der Waals surface area contributed by atoms with Crippen LogP contribution in [-0.2, 0) is 14.3 Å². The fraction of sp³-hybridized carbons (Fsp3) is 0.867. The van der Waals surface area contributed by atoms with Gasteiger partial charge in [0.15, 0.2) is 0 Å². The quantitative estimate of drug-likeness (QED) is 0.747. The van der Waals surface area contributed by atoms with Crippen molar-refractivity contribution in [3.05, 3.63) is 0 Å². The molecule has 0 spiro atoms. The first-order chi connectivity index (χ1) is 9.76. The molecule has 6 heteroatoms. The average Bonchev–Trinajstić information content (AvgIpc) is 2.49. The number of ether oxygens (including phenoxy) is 2. The molecule has 0 aromatic carbocycles. The van der Waals surface area contributed by atoms with Gasteiger partial charge in [0.1, 0.15) is 11.8 Å². The maximum absolute atomic E-state index is 12.3. The lowest BCUT2D eigenvalue weighted by molar-refractivity contribution is -0.135. The minimum absolute atomic E-state index is 0.0632. The Kier molecular flexibility index (Phi) is 6.45. The van der Waals surface area contributed by atoms with E-state index in [0.717, 1.165) is 0 Å². The van der Waals surface area contributed by atoms with Crippen LogP contribution in [0.3, 0.4) is 0 Å². The fourth-order valence-corrected chi connectivity index (χ4v) is 2.29. The van der Waals surface area contributed by atoms with Gasteiger partial charge in [-0.25, -0.2) is 4.79 Å². The summed E-state index contributed by atoms with van der Waals surface area (Å²) in [5.74, 6) is 0.0632. The summed E-state index contributed by atoms with van der Waals surface area (Å²) in [6, 6.07) is 0. The Balaban J connectivity index is 2.75. The summed E-state index contributed by atoms with van der Waals surface area (Å²) >= 11 is 0. The summed E-state index contributed by atoms with van der Waals surface area (Å²) in [7, 11) is 0. The van der Waals surface area contributed by atoms with Crippen molar-refractivity contribution in [2.45, 2.75) is 59.2 Å². The van der Waals surface area contributed by atoms with E-state index in [0.29, 0.717) is 39.1 Å². The molecule has 0 aliphatic carbocycles. The van der Waals surface area contributed by atoms with Crippen molar-refractivity contribution in [2.24, 2.45) is 0 Å². The molecule has 1 heterocycles. The molecule has 0 radical (unpaired) electrons. The minimum Gasteiger partial charge on any atom is -0.444 e. The molecule has 122 valence electrons. The van der Waals surface area contributed by atoms with E-state index >= 15 is 0 Å². The zero-order valence-electron chi connectivity index (χ0n) is 13.8. The molecule has 0 bridgehead atoms. The molecule has 6 nitrogen and oxygen atoms in total. The number of hydrogen-bond donors (Lipinski definition) is 0. The van der Waals surface area contributed by atoms with E-state index in [1.807, 2.05) is 34.6 Å². The molecule has 0 aromatic rings. The fourth-order valence-electron chi connectivity index (χ4n) is 2.29. The van der Waals surface area contributed by atoms with Crippen molar-refractivity contribution in [1.29, 1.82) is 0 Å². The van der Waals surface area contributed by atoms with Gasteiger partial charge in [0, 0.05) is 26.1 Å². The molecule has 1 atom stereocenters. The van der Waals surface area contributed by atoms with Crippen LogP contribution in [0.25, 0.3) is 0 Å². The van der Waals surface area contributed by atoms with E-state index in [4.69, 9.17) is 9.47 Å².